The lowest BCUT2D eigenvalue weighted by molar-refractivity contribution is 0.236. The lowest BCUT2D eigenvalue weighted by Crippen LogP contribution is -2.31. The minimum Gasteiger partial charge on any atom is -0.496 e. The van der Waals surface area contributed by atoms with Crippen molar-refractivity contribution in [3.05, 3.63) is 22.8 Å². The molecule has 0 radical (unpaired) electrons. The summed E-state index contributed by atoms with van der Waals surface area (Å²) in [5.41, 5.74) is 9.31. The second-order valence-electron chi connectivity index (χ2n) is 4.77. The molecule has 1 aromatic carbocycles. The maximum atomic E-state index is 5.80. The number of ether oxygens (including phenoxy) is 2. The van der Waals surface area contributed by atoms with Crippen LogP contribution in [0.4, 0.5) is 0 Å². The van der Waals surface area contributed by atoms with E-state index in [9.17, 15) is 0 Å². The Balaban J connectivity index is 2.66. The van der Waals surface area contributed by atoms with Crippen molar-refractivity contribution in [2.75, 3.05) is 27.8 Å². The number of nitrogens with zero attached hydrogens (tertiary/aromatic N) is 1. The quantitative estimate of drug-likeness (QED) is 0.887. The fraction of sp³-hybridized carbons (Fsp3) is 0.571. The van der Waals surface area contributed by atoms with Crippen LogP contribution in [0.25, 0.3) is 0 Å². The molecule has 0 bridgehead atoms. The number of hydrogen-bond acceptors (Lipinski definition) is 4. The van der Waals surface area contributed by atoms with E-state index in [1.807, 2.05) is 6.07 Å². The summed E-state index contributed by atoms with van der Waals surface area (Å²) in [5.74, 6) is 1.86. The zero-order chi connectivity index (χ0) is 13.3. The summed E-state index contributed by atoms with van der Waals surface area (Å²) in [6.07, 6.45) is 0.976. The molecule has 1 heterocycles. The van der Waals surface area contributed by atoms with Gasteiger partial charge in [0.1, 0.15) is 11.5 Å². The number of likely N-dealkylation sites (N-methyl/N-ethyl adjacent to an activating group) is 1. The highest BCUT2D eigenvalue weighted by Crippen LogP contribution is 2.42. The van der Waals surface area contributed by atoms with E-state index < -0.39 is 0 Å². The average Bonchev–Trinajstić information content (AvgIpc) is 2.40. The van der Waals surface area contributed by atoms with Gasteiger partial charge in [-0.05, 0) is 26.5 Å². The highest BCUT2D eigenvalue weighted by Gasteiger charge is 2.28. The van der Waals surface area contributed by atoms with Crippen molar-refractivity contribution >= 4 is 0 Å². The molecule has 0 saturated carbocycles. The Labute approximate surface area is 109 Å². The van der Waals surface area contributed by atoms with Crippen molar-refractivity contribution in [1.82, 2.24) is 4.90 Å². The predicted molar refractivity (Wildman–Crippen MR) is 72.2 cm³/mol. The number of hydrogen-bond donors (Lipinski definition) is 1. The van der Waals surface area contributed by atoms with Gasteiger partial charge in [-0.1, -0.05) is 0 Å². The minimum absolute atomic E-state index is 0.337. The summed E-state index contributed by atoms with van der Waals surface area (Å²) in [5, 5.41) is 0. The van der Waals surface area contributed by atoms with Crippen LogP contribution in [0.3, 0.4) is 0 Å². The van der Waals surface area contributed by atoms with Crippen LogP contribution in [0.5, 0.6) is 11.5 Å². The van der Waals surface area contributed by atoms with E-state index in [4.69, 9.17) is 15.2 Å². The fourth-order valence-electron chi connectivity index (χ4n) is 2.75. The summed E-state index contributed by atoms with van der Waals surface area (Å²) in [7, 11) is 5.56. The summed E-state index contributed by atoms with van der Waals surface area (Å²) in [4.78, 5) is 2.33. The Kier molecular flexibility index (Phi) is 3.78. The number of nitrogens with two attached hydrogens (primary N) is 1. The number of benzene rings is 1. The Hall–Kier alpha value is -1.26. The molecule has 0 amide bonds. The van der Waals surface area contributed by atoms with E-state index in [1.165, 1.54) is 11.1 Å². The van der Waals surface area contributed by atoms with Gasteiger partial charge in [-0.15, -0.1) is 0 Å². The van der Waals surface area contributed by atoms with Gasteiger partial charge in [0.05, 0.1) is 14.2 Å². The first-order valence-electron chi connectivity index (χ1n) is 6.31. The number of rotatable bonds is 3. The molecule has 2 rings (SSSR count). The molecule has 18 heavy (non-hydrogen) atoms. The van der Waals surface area contributed by atoms with E-state index in [1.54, 1.807) is 14.2 Å². The van der Waals surface area contributed by atoms with Crippen molar-refractivity contribution in [1.29, 1.82) is 0 Å². The minimum atomic E-state index is 0.337. The Morgan fingerprint density at radius 3 is 2.67 bits per heavy atom. The SMILES string of the molecule is COc1cc(CN)c(OC)c2c1C(C)N(C)CC2. The van der Waals surface area contributed by atoms with Crippen LogP contribution in [0.1, 0.15) is 29.7 Å². The van der Waals surface area contributed by atoms with Gasteiger partial charge >= 0.3 is 0 Å². The summed E-state index contributed by atoms with van der Waals surface area (Å²) < 4.78 is 11.1. The molecule has 0 fully saturated rings. The lowest BCUT2D eigenvalue weighted by atomic mass is 9.90. The summed E-state index contributed by atoms with van der Waals surface area (Å²) in [6, 6.07) is 2.34. The van der Waals surface area contributed by atoms with Gasteiger partial charge in [-0.3, -0.25) is 4.90 Å². The van der Waals surface area contributed by atoms with Gasteiger partial charge in [0, 0.05) is 35.8 Å². The highest BCUT2D eigenvalue weighted by molar-refractivity contribution is 5.56. The molecule has 1 aliphatic heterocycles. The fourth-order valence-corrected chi connectivity index (χ4v) is 2.75. The lowest BCUT2D eigenvalue weighted by Gasteiger charge is -2.34. The van der Waals surface area contributed by atoms with Gasteiger partial charge in [0.2, 0.25) is 0 Å². The van der Waals surface area contributed by atoms with E-state index in [-0.39, 0.29) is 0 Å². The Bertz CT molecular complexity index is 446. The zero-order valence-corrected chi connectivity index (χ0v) is 11.6. The summed E-state index contributed by atoms with van der Waals surface area (Å²) in [6.45, 7) is 3.70. The van der Waals surface area contributed by atoms with E-state index in [2.05, 4.69) is 18.9 Å². The predicted octanol–water partition coefficient (Wildman–Crippen LogP) is 1.71. The third kappa shape index (κ3) is 1.95. The molecule has 1 atom stereocenters. The second kappa shape index (κ2) is 5.16. The highest BCUT2D eigenvalue weighted by atomic mass is 16.5. The van der Waals surface area contributed by atoms with Gasteiger partial charge in [0.25, 0.3) is 0 Å². The molecule has 1 aliphatic rings. The standard InChI is InChI=1S/C14H22N2O2/c1-9-13-11(5-6-16(9)2)14(18-4)10(8-15)7-12(13)17-3/h7,9H,5-6,8,15H2,1-4H3. The van der Waals surface area contributed by atoms with E-state index >= 15 is 0 Å². The zero-order valence-electron chi connectivity index (χ0n) is 11.6. The third-order valence-electron chi connectivity index (χ3n) is 3.90. The van der Waals surface area contributed by atoms with E-state index in [0.717, 1.165) is 30.0 Å². The van der Waals surface area contributed by atoms with Crippen molar-refractivity contribution in [3.8, 4) is 11.5 Å². The van der Waals surface area contributed by atoms with Crippen molar-refractivity contribution in [2.45, 2.75) is 25.9 Å². The average molecular weight is 250 g/mol. The molecule has 0 aromatic heterocycles. The topological polar surface area (TPSA) is 47.7 Å². The molecular weight excluding hydrogens is 228 g/mol. The molecule has 0 saturated heterocycles. The van der Waals surface area contributed by atoms with Crippen LogP contribution in [-0.2, 0) is 13.0 Å². The second-order valence-corrected chi connectivity index (χ2v) is 4.77. The first kappa shape index (κ1) is 13.2. The molecule has 1 aromatic rings. The molecule has 0 spiro atoms. The molecule has 1 unspecified atom stereocenters. The maximum absolute atomic E-state index is 5.80. The third-order valence-corrected chi connectivity index (χ3v) is 3.90. The number of methoxy groups -OCH3 is 2. The van der Waals surface area contributed by atoms with Crippen LogP contribution >= 0.6 is 0 Å². The molecule has 0 aliphatic carbocycles. The van der Waals surface area contributed by atoms with Crippen LogP contribution in [0.2, 0.25) is 0 Å². The summed E-state index contributed by atoms with van der Waals surface area (Å²) >= 11 is 0. The van der Waals surface area contributed by atoms with Crippen LogP contribution < -0.4 is 15.2 Å². The van der Waals surface area contributed by atoms with Crippen LogP contribution in [0.15, 0.2) is 6.07 Å². The molecule has 4 nitrogen and oxygen atoms in total. The first-order chi connectivity index (χ1) is 8.63. The smallest absolute Gasteiger partial charge is 0.127 e. The van der Waals surface area contributed by atoms with Gasteiger partial charge in [-0.25, -0.2) is 0 Å². The van der Waals surface area contributed by atoms with Gasteiger partial charge in [-0.2, -0.15) is 0 Å². The normalized spacial score (nSPS) is 19.5. The van der Waals surface area contributed by atoms with E-state index in [0.29, 0.717) is 12.6 Å². The molecule has 2 N–H and O–H groups in total. The monoisotopic (exact) mass is 250 g/mol. The largest absolute Gasteiger partial charge is 0.496 e. The van der Waals surface area contributed by atoms with Crippen molar-refractivity contribution < 1.29 is 9.47 Å². The van der Waals surface area contributed by atoms with Gasteiger partial charge in [0.15, 0.2) is 0 Å². The maximum Gasteiger partial charge on any atom is 0.127 e. The Morgan fingerprint density at radius 1 is 1.39 bits per heavy atom. The van der Waals surface area contributed by atoms with Crippen LogP contribution in [-0.4, -0.2) is 32.7 Å². The molecule has 4 heteroatoms. The van der Waals surface area contributed by atoms with Crippen LogP contribution in [0, 0.1) is 0 Å². The molecule has 100 valence electrons. The molecular formula is C14H22N2O2. The Morgan fingerprint density at radius 2 is 2.11 bits per heavy atom. The van der Waals surface area contributed by atoms with Crippen molar-refractivity contribution in [2.24, 2.45) is 5.73 Å². The number of fused-ring (bicyclic) bond motifs is 1. The first-order valence-corrected chi connectivity index (χ1v) is 6.31. The van der Waals surface area contributed by atoms with Gasteiger partial charge < -0.3 is 15.2 Å². The van der Waals surface area contributed by atoms with Crippen molar-refractivity contribution in [3.63, 3.8) is 0 Å².